The number of hydrogen-bond acceptors (Lipinski definition) is 3. The van der Waals surface area contributed by atoms with Crippen LogP contribution in [0.2, 0.25) is 0 Å². The Labute approximate surface area is 136 Å². The Kier molecular flexibility index (Phi) is 4.96. The SMILES string of the molecule is O=C(O)CC1CCN(C(=O)c2cccc(C3CCOC3)c2)CC1. The summed E-state index contributed by atoms with van der Waals surface area (Å²) in [6.07, 6.45) is 2.76. The highest BCUT2D eigenvalue weighted by molar-refractivity contribution is 5.94. The molecule has 1 atom stereocenters. The second-order valence-corrected chi connectivity index (χ2v) is 6.52. The molecule has 0 aliphatic carbocycles. The highest BCUT2D eigenvalue weighted by Crippen LogP contribution is 2.27. The third kappa shape index (κ3) is 3.91. The summed E-state index contributed by atoms with van der Waals surface area (Å²) in [6.45, 7) is 2.82. The van der Waals surface area contributed by atoms with Gasteiger partial charge in [0.15, 0.2) is 0 Å². The van der Waals surface area contributed by atoms with Gasteiger partial charge in [0.2, 0.25) is 0 Å². The summed E-state index contributed by atoms with van der Waals surface area (Å²) in [5.74, 6) is -0.108. The second kappa shape index (κ2) is 7.13. The van der Waals surface area contributed by atoms with Crippen molar-refractivity contribution >= 4 is 11.9 Å². The van der Waals surface area contributed by atoms with Crippen LogP contribution in [0.3, 0.4) is 0 Å². The fourth-order valence-corrected chi connectivity index (χ4v) is 3.49. The molecule has 5 nitrogen and oxygen atoms in total. The molecule has 1 aromatic rings. The summed E-state index contributed by atoms with van der Waals surface area (Å²) >= 11 is 0. The van der Waals surface area contributed by atoms with Crippen LogP contribution in [-0.4, -0.2) is 48.2 Å². The number of benzene rings is 1. The Morgan fingerprint density at radius 3 is 2.65 bits per heavy atom. The Morgan fingerprint density at radius 1 is 1.22 bits per heavy atom. The average molecular weight is 317 g/mol. The molecule has 2 saturated heterocycles. The number of rotatable bonds is 4. The van der Waals surface area contributed by atoms with E-state index in [1.807, 2.05) is 23.1 Å². The molecule has 1 unspecified atom stereocenters. The minimum absolute atomic E-state index is 0.0551. The van der Waals surface area contributed by atoms with Crippen molar-refractivity contribution in [2.45, 2.75) is 31.6 Å². The molecule has 1 aromatic carbocycles. The lowest BCUT2D eigenvalue weighted by Gasteiger charge is -2.31. The average Bonchev–Trinajstić information content (AvgIpc) is 3.09. The van der Waals surface area contributed by atoms with Crippen molar-refractivity contribution in [2.75, 3.05) is 26.3 Å². The number of likely N-dealkylation sites (tertiary alicyclic amines) is 1. The fraction of sp³-hybridized carbons (Fsp3) is 0.556. The molecule has 2 fully saturated rings. The van der Waals surface area contributed by atoms with E-state index >= 15 is 0 Å². The predicted octanol–water partition coefficient (Wildman–Crippen LogP) is 2.52. The number of aliphatic carboxylic acids is 1. The molecule has 0 radical (unpaired) electrons. The Morgan fingerprint density at radius 2 is 2.00 bits per heavy atom. The van der Waals surface area contributed by atoms with Gasteiger partial charge >= 0.3 is 5.97 Å². The fourth-order valence-electron chi connectivity index (χ4n) is 3.49. The van der Waals surface area contributed by atoms with E-state index in [2.05, 4.69) is 6.07 Å². The van der Waals surface area contributed by atoms with Crippen LogP contribution in [0.1, 0.15) is 47.5 Å². The van der Waals surface area contributed by atoms with Crippen LogP contribution in [0.4, 0.5) is 0 Å². The summed E-state index contributed by atoms with van der Waals surface area (Å²) in [5, 5.41) is 8.86. The third-order valence-electron chi connectivity index (χ3n) is 4.90. The van der Waals surface area contributed by atoms with Gasteiger partial charge in [-0.05, 0) is 42.9 Å². The van der Waals surface area contributed by atoms with Crippen molar-refractivity contribution in [1.29, 1.82) is 0 Å². The molecule has 0 saturated carbocycles. The maximum absolute atomic E-state index is 12.7. The van der Waals surface area contributed by atoms with E-state index in [0.717, 1.165) is 38.0 Å². The first kappa shape index (κ1) is 16.0. The second-order valence-electron chi connectivity index (χ2n) is 6.52. The first-order chi connectivity index (χ1) is 11.1. The largest absolute Gasteiger partial charge is 0.481 e. The van der Waals surface area contributed by atoms with Crippen molar-refractivity contribution in [3.8, 4) is 0 Å². The maximum Gasteiger partial charge on any atom is 0.303 e. The van der Waals surface area contributed by atoms with Crippen molar-refractivity contribution in [1.82, 2.24) is 4.90 Å². The van der Waals surface area contributed by atoms with Gasteiger partial charge in [-0.3, -0.25) is 9.59 Å². The number of nitrogens with zero attached hydrogens (tertiary/aromatic N) is 1. The van der Waals surface area contributed by atoms with E-state index in [1.54, 1.807) is 0 Å². The van der Waals surface area contributed by atoms with Crippen molar-refractivity contribution in [2.24, 2.45) is 5.92 Å². The molecular formula is C18H23NO4. The Balaban J connectivity index is 1.62. The number of ether oxygens (including phenoxy) is 1. The quantitative estimate of drug-likeness (QED) is 0.926. The first-order valence-corrected chi connectivity index (χ1v) is 8.32. The summed E-state index contributed by atoms with van der Waals surface area (Å²) in [4.78, 5) is 25.3. The molecule has 124 valence electrons. The molecule has 0 bridgehead atoms. The topological polar surface area (TPSA) is 66.8 Å². The standard InChI is InChI=1S/C18H23NO4/c20-17(21)10-13-4-7-19(8-5-13)18(22)15-3-1-2-14(11-15)16-6-9-23-12-16/h1-3,11,13,16H,4-10,12H2,(H,20,21). The number of amides is 1. The van der Waals surface area contributed by atoms with Crippen LogP contribution >= 0.6 is 0 Å². The molecule has 1 amide bonds. The van der Waals surface area contributed by atoms with Crippen LogP contribution in [0.5, 0.6) is 0 Å². The lowest BCUT2D eigenvalue weighted by atomic mass is 9.92. The minimum Gasteiger partial charge on any atom is -0.481 e. The van der Waals surface area contributed by atoms with Crippen molar-refractivity contribution < 1.29 is 19.4 Å². The Bertz CT molecular complexity index is 572. The third-order valence-corrected chi connectivity index (χ3v) is 4.90. The normalized spacial score (nSPS) is 22.3. The molecule has 2 aliphatic heterocycles. The van der Waals surface area contributed by atoms with Crippen molar-refractivity contribution in [3.05, 3.63) is 35.4 Å². The zero-order chi connectivity index (χ0) is 16.2. The number of hydrogen-bond donors (Lipinski definition) is 1. The Hall–Kier alpha value is -1.88. The van der Waals surface area contributed by atoms with Gasteiger partial charge in [0, 0.05) is 37.6 Å². The summed E-state index contributed by atoms with van der Waals surface area (Å²) in [5.41, 5.74) is 1.90. The molecule has 1 N–H and O–H groups in total. The van der Waals surface area contributed by atoms with Crippen LogP contribution in [-0.2, 0) is 9.53 Å². The van der Waals surface area contributed by atoms with E-state index in [1.165, 1.54) is 5.56 Å². The molecular weight excluding hydrogens is 294 g/mol. The summed E-state index contributed by atoms with van der Waals surface area (Å²) in [6, 6.07) is 7.86. The number of carboxylic acids is 1. The van der Waals surface area contributed by atoms with Crippen molar-refractivity contribution in [3.63, 3.8) is 0 Å². The van der Waals surface area contributed by atoms with Gasteiger partial charge in [0.25, 0.3) is 5.91 Å². The molecule has 2 aliphatic rings. The monoisotopic (exact) mass is 317 g/mol. The summed E-state index contributed by atoms with van der Waals surface area (Å²) < 4.78 is 5.43. The lowest BCUT2D eigenvalue weighted by molar-refractivity contribution is -0.138. The molecule has 0 spiro atoms. The zero-order valence-electron chi connectivity index (χ0n) is 13.2. The number of carbonyl (C=O) groups is 2. The predicted molar refractivity (Wildman–Crippen MR) is 85.5 cm³/mol. The van der Waals surface area contributed by atoms with Gasteiger partial charge in [0.1, 0.15) is 0 Å². The number of carboxylic acid groups (broad SMARTS) is 1. The molecule has 5 heteroatoms. The van der Waals surface area contributed by atoms with Crippen LogP contribution in [0.25, 0.3) is 0 Å². The first-order valence-electron chi connectivity index (χ1n) is 8.32. The van der Waals surface area contributed by atoms with Gasteiger partial charge in [0.05, 0.1) is 6.61 Å². The van der Waals surface area contributed by atoms with E-state index in [0.29, 0.717) is 19.0 Å². The van der Waals surface area contributed by atoms with Crippen LogP contribution in [0, 0.1) is 5.92 Å². The molecule has 3 rings (SSSR count). The van der Waals surface area contributed by atoms with Crippen LogP contribution < -0.4 is 0 Å². The number of piperidine rings is 1. The van der Waals surface area contributed by atoms with Gasteiger partial charge < -0.3 is 14.7 Å². The van der Waals surface area contributed by atoms with Gasteiger partial charge in [-0.2, -0.15) is 0 Å². The van der Waals surface area contributed by atoms with Gasteiger partial charge in [-0.15, -0.1) is 0 Å². The molecule has 23 heavy (non-hydrogen) atoms. The molecule has 0 aromatic heterocycles. The molecule has 2 heterocycles. The van der Waals surface area contributed by atoms with Gasteiger partial charge in [-0.25, -0.2) is 0 Å². The van der Waals surface area contributed by atoms with E-state index in [9.17, 15) is 9.59 Å². The zero-order valence-corrected chi connectivity index (χ0v) is 13.2. The van der Waals surface area contributed by atoms with Gasteiger partial charge in [-0.1, -0.05) is 12.1 Å². The highest BCUT2D eigenvalue weighted by Gasteiger charge is 2.26. The number of carbonyl (C=O) groups excluding carboxylic acids is 1. The summed E-state index contributed by atoms with van der Waals surface area (Å²) in [7, 11) is 0. The smallest absolute Gasteiger partial charge is 0.303 e. The maximum atomic E-state index is 12.7. The van der Waals surface area contributed by atoms with E-state index in [4.69, 9.17) is 9.84 Å². The van der Waals surface area contributed by atoms with E-state index < -0.39 is 5.97 Å². The highest BCUT2D eigenvalue weighted by atomic mass is 16.5. The lowest BCUT2D eigenvalue weighted by Crippen LogP contribution is -2.38. The minimum atomic E-state index is -0.749. The van der Waals surface area contributed by atoms with Crippen LogP contribution in [0.15, 0.2) is 24.3 Å². The van der Waals surface area contributed by atoms with E-state index in [-0.39, 0.29) is 18.2 Å².